The maximum Gasteiger partial charge on any atom is 0.0491 e. The van der Waals surface area contributed by atoms with E-state index in [-0.39, 0.29) is 0 Å². The van der Waals surface area contributed by atoms with Gasteiger partial charge in [-0.3, -0.25) is 4.90 Å². The summed E-state index contributed by atoms with van der Waals surface area (Å²) in [6.45, 7) is 13.1. The molecule has 3 nitrogen and oxygen atoms in total. The first-order valence-electron chi connectivity index (χ1n) is 11.2. The number of benzene rings is 3. The molecule has 0 atom stereocenters. The zero-order valence-corrected chi connectivity index (χ0v) is 18.4. The number of para-hydroxylation sites is 1. The summed E-state index contributed by atoms with van der Waals surface area (Å²) in [4.78, 5) is 5.15. The molecule has 0 radical (unpaired) electrons. The highest BCUT2D eigenvalue weighted by Gasteiger charge is 2.19. The van der Waals surface area contributed by atoms with Crippen LogP contribution >= 0.6 is 0 Å². The molecular weight excluding hydrogens is 366 g/mol. The van der Waals surface area contributed by atoms with Crippen molar-refractivity contribution in [1.29, 1.82) is 0 Å². The molecule has 154 valence electrons. The summed E-state index contributed by atoms with van der Waals surface area (Å²) in [6.07, 6.45) is 0. The molecule has 1 aliphatic heterocycles. The van der Waals surface area contributed by atoms with Crippen molar-refractivity contribution in [3.63, 3.8) is 0 Å². The van der Waals surface area contributed by atoms with Gasteiger partial charge in [0.25, 0.3) is 0 Å². The Hall–Kier alpha value is -2.78. The Morgan fingerprint density at radius 3 is 2.33 bits per heavy atom. The van der Waals surface area contributed by atoms with Crippen molar-refractivity contribution in [2.45, 2.75) is 33.9 Å². The minimum absolute atomic E-state index is 1.00. The SMILES string of the molecule is CCn1c2ccccc2c2cc(CN3CCN(c4cccc(C)c4C)CC3)ccc21. The van der Waals surface area contributed by atoms with Crippen molar-refractivity contribution in [3.05, 3.63) is 77.4 Å². The molecule has 0 bridgehead atoms. The molecule has 0 unspecified atom stereocenters. The van der Waals surface area contributed by atoms with Gasteiger partial charge in [-0.2, -0.15) is 0 Å². The maximum absolute atomic E-state index is 2.60. The lowest BCUT2D eigenvalue weighted by atomic mass is 10.1. The van der Waals surface area contributed by atoms with Gasteiger partial charge in [0.1, 0.15) is 0 Å². The second-order valence-corrected chi connectivity index (χ2v) is 8.60. The fourth-order valence-corrected chi connectivity index (χ4v) is 5.02. The van der Waals surface area contributed by atoms with Crippen LogP contribution in [0.4, 0.5) is 5.69 Å². The molecule has 3 heteroatoms. The third-order valence-electron chi connectivity index (χ3n) is 6.85. The number of aromatic nitrogens is 1. The highest BCUT2D eigenvalue weighted by molar-refractivity contribution is 6.08. The normalized spacial score (nSPS) is 15.4. The van der Waals surface area contributed by atoms with Gasteiger partial charge in [-0.05, 0) is 61.7 Å². The zero-order chi connectivity index (χ0) is 20.7. The van der Waals surface area contributed by atoms with Crippen LogP contribution in [0.15, 0.2) is 60.7 Å². The number of hydrogen-bond donors (Lipinski definition) is 0. The third-order valence-corrected chi connectivity index (χ3v) is 6.85. The van der Waals surface area contributed by atoms with Crippen LogP contribution in [0, 0.1) is 13.8 Å². The fraction of sp³-hybridized carbons (Fsp3) is 0.333. The Labute approximate surface area is 179 Å². The van der Waals surface area contributed by atoms with Crippen LogP contribution in [0.3, 0.4) is 0 Å². The van der Waals surface area contributed by atoms with E-state index in [9.17, 15) is 0 Å². The number of aryl methyl sites for hydroxylation is 2. The number of anilines is 1. The number of nitrogens with zero attached hydrogens (tertiary/aromatic N) is 3. The summed E-state index contributed by atoms with van der Waals surface area (Å²) in [5.74, 6) is 0. The van der Waals surface area contributed by atoms with E-state index >= 15 is 0 Å². The Bertz CT molecular complexity index is 1200. The molecule has 1 aromatic heterocycles. The first kappa shape index (κ1) is 19.2. The van der Waals surface area contributed by atoms with E-state index in [1.165, 1.54) is 44.2 Å². The van der Waals surface area contributed by atoms with Crippen molar-refractivity contribution >= 4 is 27.5 Å². The van der Waals surface area contributed by atoms with Gasteiger partial charge >= 0.3 is 0 Å². The summed E-state index contributed by atoms with van der Waals surface area (Å²) >= 11 is 0. The van der Waals surface area contributed by atoms with E-state index in [2.05, 4.69) is 95.8 Å². The van der Waals surface area contributed by atoms with E-state index in [1.54, 1.807) is 0 Å². The summed E-state index contributed by atoms with van der Waals surface area (Å²) < 4.78 is 2.43. The maximum atomic E-state index is 2.60. The summed E-state index contributed by atoms with van der Waals surface area (Å²) in [5, 5.41) is 2.76. The zero-order valence-electron chi connectivity index (χ0n) is 18.4. The Morgan fingerprint density at radius 2 is 1.53 bits per heavy atom. The third kappa shape index (κ3) is 3.27. The van der Waals surface area contributed by atoms with Gasteiger partial charge in [-0.25, -0.2) is 0 Å². The lowest BCUT2D eigenvalue weighted by Gasteiger charge is -2.37. The first-order chi connectivity index (χ1) is 14.7. The van der Waals surface area contributed by atoms with Gasteiger partial charge in [-0.15, -0.1) is 0 Å². The standard InChI is InChI=1S/C27H31N3/c1-4-30-26-10-6-5-9-23(26)24-18-22(12-13-27(24)30)19-28-14-16-29(17-15-28)25-11-7-8-20(2)21(25)3/h5-13,18H,4,14-17,19H2,1-3H3. The van der Waals surface area contributed by atoms with Crippen molar-refractivity contribution in [1.82, 2.24) is 9.47 Å². The highest BCUT2D eigenvalue weighted by atomic mass is 15.3. The van der Waals surface area contributed by atoms with Crippen molar-refractivity contribution < 1.29 is 0 Å². The van der Waals surface area contributed by atoms with Crippen molar-refractivity contribution in [2.75, 3.05) is 31.1 Å². The lowest BCUT2D eigenvalue weighted by Crippen LogP contribution is -2.46. The van der Waals surface area contributed by atoms with Crippen LogP contribution < -0.4 is 4.90 Å². The number of hydrogen-bond acceptors (Lipinski definition) is 2. The van der Waals surface area contributed by atoms with Crippen LogP contribution in [0.2, 0.25) is 0 Å². The minimum Gasteiger partial charge on any atom is -0.369 e. The molecule has 4 aromatic rings. The van der Waals surface area contributed by atoms with E-state index in [0.29, 0.717) is 0 Å². The summed E-state index contributed by atoms with van der Waals surface area (Å²) in [7, 11) is 0. The lowest BCUT2D eigenvalue weighted by molar-refractivity contribution is 0.250. The van der Waals surface area contributed by atoms with E-state index < -0.39 is 0 Å². The van der Waals surface area contributed by atoms with Crippen LogP contribution in [0.5, 0.6) is 0 Å². The van der Waals surface area contributed by atoms with E-state index in [4.69, 9.17) is 0 Å². The molecule has 3 aromatic carbocycles. The second-order valence-electron chi connectivity index (χ2n) is 8.60. The molecule has 0 amide bonds. The Balaban J connectivity index is 1.34. The topological polar surface area (TPSA) is 11.4 Å². The summed E-state index contributed by atoms with van der Waals surface area (Å²) in [6, 6.07) is 22.5. The van der Waals surface area contributed by atoms with Crippen LogP contribution in [-0.4, -0.2) is 35.6 Å². The fourth-order valence-electron chi connectivity index (χ4n) is 5.02. The van der Waals surface area contributed by atoms with Gasteiger partial charge < -0.3 is 9.47 Å². The molecule has 0 spiro atoms. The second kappa shape index (κ2) is 7.81. The van der Waals surface area contributed by atoms with Crippen LogP contribution in [0.1, 0.15) is 23.6 Å². The molecular formula is C27H31N3. The highest BCUT2D eigenvalue weighted by Crippen LogP contribution is 2.30. The van der Waals surface area contributed by atoms with Crippen molar-refractivity contribution in [3.8, 4) is 0 Å². The predicted octanol–water partition coefficient (Wildman–Crippen LogP) is 5.75. The molecule has 0 saturated carbocycles. The van der Waals surface area contributed by atoms with E-state index in [1.807, 2.05) is 0 Å². The van der Waals surface area contributed by atoms with Gasteiger partial charge in [0.2, 0.25) is 0 Å². The van der Waals surface area contributed by atoms with Gasteiger partial charge in [0.15, 0.2) is 0 Å². The van der Waals surface area contributed by atoms with Gasteiger partial charge in [0, 0.05) is 66.8 Å². The number of fused-ring (bicyclic) bond motifs is 3. The molecule has 30 heavy (non-hydrogen) atoms. The average molecular weight is 398 g/mol. The molecule has 1 aliphatic rings. The molecule has 5 rings (SSSR count). The molecule has 0 aliphatic carbocycles. The Morgan fingerprint density at radius 1 is 0.767 bits per heavy atom. The minimum atomic E-state index is 1.00. The Kier molecular flexibility index (Phi) is 5.00. The molecule has 2 heterocycles. The van der Waals surface area contributed by atoms with Crippen molar-refractivity contribution in [2.24, 2.45) is 0 Å². The largest absolute Gasteiger partial charge is 0.369 e. The monoisotopic (exact) mass is 397 g/mol. The molecule has 0 N–H and O–H groups in total. The van der Waals surface area contributed by atoms with Crippen LogP contribution in [-0.2, 0) is 13.1 Å². The molecule has 1 saturated heterocycles. The van der Waals surface area contributed by atoms with E-state index in [0.717, 1.165) is 39.3 Å². The summed E-state index contributed by atoms with van der Waals surface area (Å²) in [5.41, 5.74) is 8.32. The van der Waals surface area contributed by atoms with Gasteiger partial charge in [0.05, 0.1) is 0 Å². The smallest absolute Gasteiger partial charge is 0.0491 e. The quantitative estimate of drug-likeness (QED) is 0.434. The molecule has 1 fully saturated rings. The predicted molar refractivity (Wildman–Crippen MR) is 129 cm³/mol. The number of piperazine rings is 1. The first-order valence-corrected chi connectivity index (χ1v) is 11.2. The van der Waals surface area contributed by atoms with Crippen LogP contribution in [0.25, 0.3) is 21.8 Å². The average Bonchev–Trinajstić information content (AvgIpc) is 3.09. The van der Waals surface area contributed by atoms with Gasteiger partial charge in [-0.1, -0.05) is 36.4 Å². The number of rotatable bonds is 4.